The monoisotopic (exact) mass is 199 g/mol. The molecule has 1 heterocycles. The zero-order valence-electron chi connectivity index (χ0n) is 7.49. The van der Waals surface area contributed by atoms with Crippen molar-refractivity contribution in [1.29, 1.82) is 0 Å². The van der Waals surface area contributed by atoms with Crippen LogP contribution in [0.5, 0.6) is 0 Å². The number of rotatable bonds is 5. The number of carbonyl (C=O) groups is 1. The highest BCUT2D eigenvalue weighted by molar-refractivity contribution is 7.09. The van der Waals surface area contributed by atoms with Gasteiger partial charge < -0.3 is 11.1 Å². The predicted octanol–water partition coefficient (Wildman–Crippen LogP) is 0.497. The second kappa shape index (κ2) is 4.94. The molecule has 5 heteroatoms. The highest BCUT2D eigenvalue weighted by atomic mass is 32.1. The first kappa shape index (κ1) is 10.1. The van der Waals surface area contributed by atoms with Crippen molar-refractivity contribution in [2.24, 2.45) is 5.73 Å². The van der Waals surface area contributed by atoms with Crippen molar-refractivity contribution in [1.82, 2.24) is 10.3 Å². The average Bonchev–Trinajstić information content (AvgIpc) is 2.51. The molecule has 3 N–H and O–H groups in total. The molecule has 0 aliphatic heterocycles. The molecule has 0 aromatic carbocycles. The molecule has 0 radical (unpaired) electrons. The summed E-state index contributed by atoms with van der Waals surface area (Å²) in [4.78, 5) is 15.7. The van der Waals surface area contributed by atoms with Gasteiger partial charge in [0.2, 0.25) is 5.91 Å². The average molecular weight is 199 g/mol. The van der Waals surface area contributed by atoms with Gasteiger partial charge in [-0.25, -0.2) is 0 Å². The van der Waals surface area contributed by atoms with Gasteiger partial charge in [0.15, 0.2) is 0 Å². The summed E-state index contributed by atoms with van der Waals surface area (Å²) in [5, 5.41) is 3.19. The maximum Gasteiger partial charge on any atom is 0.218 e. The molecule has 0 aliphatic carbocycles. The Hall–Kier alpha value is -0.940. The van der Waals surface area contributed by atoms with Crippen molar-refractivity contribution in [3.63, 3.8) is 0 Å². The fourth-order valence-electron chi connectivity index (χ4n) is 0.978. The lowest BCUT2D eigenvalue weighted by atomic mass is 10.2. The zero-order valence-corrected chi connectivity index (χ0v) is 8.30. The van der Waals surface area contributed by atoms with E-state index in [2.05, 4.69) is 10.3 Å². The van der Waals surface area contributed by atoms with E-state index in [1.807, 2.05) is 13.1 Å². The first-order chi connectivity index (χ1) is 6.18. The van der Waals surface area contributed by atoms with Gasteiger partial charge in [-0.3, -0.25) is 9.78 Å². The summed E-state index contributed by atoms with van der Waals surface area (Å²) in [6.07, 6.45) is 2.19. The van der Waals surface area contributed by atoms with Crippen molar-refractivity contribution in [2.45, 2.75) is 25.9 Å². The van der Waals surface area contributed by atoms with Gasteiger partial charge >= 0.3 is 0 Å². The molecule has 0 saturated heterocycles. The fraction of sp³-hybridized carbons (Fsp3) is 0.500. The van der Waals surface area contributed by atoms with E-state index < -0.39 is 0 Å². The number of primary amides is 1. The summed E-state index contributed by atoms with van der Waals surface area (Å²) in [6, 6.07) is 0.125. The molecular formula is C8H13N3OS. The molecule has 1 aromatic heterocycles. The largest absolute Gasteiger partial charge is 0.370 e. The minimum Gasteiger partial charge on any atom is -0.370 e. The minimum absolute atomic E-state index is 0.125. The van der Waals surface area contributed by atoms with Crippen molar-refractivity contribution < 1.29 is 4.79 Å². The Bertz CT molecular complexity index is 260. The molecular weight excluding hydrogens is 186 g/mol. The zero-order chi connectivity index (χ0) is 9.68. The number of nitrogens with one attached hydrogen (secondary N) is 1. The lowest BCUT2D eigenvalue weighted by Crippen LogP contribution is -2.30. The quantitative estimate of drug-likeness (QED) is 0.725. The number of thiazole rings is 1. The Morgan fingerprint density at radius 3 is 3.15 bits per heavy atom. The molecule has 4 nitrogen and oxygen atoms in total. The molecule has 1 atom stereocenters. The van der Waals surface area contributed by atoms with Crippen molar-refractivity contribution in [3.05, 3.63) is 16.6 Å². The maximum absolute atomic E-state index is 10.5. The molecule has 0 saturated carbocycles. The SMILES string of the molecule is CC(CC(N)=O)NCc1cncs1. The van der Waals surface area contributed by atoms with Crippen LogP contribution in [0.2, 0.25) is 0 Å². The van der Waals surface area contributed by atoms with E-state index in [4.69, 9.17) is 5.73 Å². The van der Waals surface area contributed by atoms with Gasteiger partial charge in [0.05, 0.1) is 5.51 Å². The molecule has 0 fully saturated rings. The van der Waals surface area contributed by atoms with Gasteiger partial charge in [-0.1, -0.05) is 0 Å². The Morgan fingerprint density at radius 1 is 1.85 bits per heavy atom. The second-order valence-corrected chi connectivity index (χ2v) is 3.89. The normalized spacial score (nSPS) is 12.7. The third-order valence-corrected chi connectivity index (χ3v) is 2.40. The van der Waals surface area contributed by atoms with Gasteiger partial charge in [-0.2, -0.15) is 0 Å². The Balaban J connectivity index is 2.22. The molecule has 0 aliphatic rings. The summed E-state index contributed by atoms with van der Waals surface area (Å²) in [5.41, 5.74) is 6.84. The van der Waals surface area contributed by atoms with Gasteiger partial charge in [-0.05, 0) is 6.92 Å². The molecule has 72 valence electrons. The molecule has 1 amide bonds. The maximum atomic E-state index is 10.5. The molecule has 13 heavy (non-hydrogen) atoms. The molecule has 1 aromatic rings. The van der Waals surface area contributed by atoms with Crippen molar-refractivity contribution in [3.8, 4) is 0 Å². The Labute approximate surface area is 81.2 Å². The summed E-state index contributed by atoms with van der Waals surface area (Å²) >= 11 is 1.59. The summed E-state index contributed by atoms with van der Waals surface area (Å²) < 4.78 is 0. The lowest BCUT2D eigenvalue weighted by molar-refractivity contribution is -0.118. The Kier molecular flexibility index (Phi) is 3.85. The van der Waals surface area contributed by atoms with Crippen LogP contribution in [-0.4, -0.2) is 16.9 Å². The second-order valence-electron chi connectivity index (χ2n) is 2.92. The number of carbonyl (C=O) groups excluding carboxylic acids is 1. The highest BCUT2D eigenvalue weighted by Gasteiger charge is 2.05. The number of hydrogen-bond acceptors (Lipinski definition) is 4. The molecule has 0 spiro atoms. The first-order valence-electron chi connectivity index (χ1n) is 4.07. The first-order valence-corrected chi connectivity index (χ1v) is 4.95. The highest BCUT2D eigenvalue weighted by Crippen LogP contribution is 2.05. The van der Waals surface area contributed by atoms with Crippen molar-refractivity contribution >= 4 is 17.2 Å². The van der Waals surface area contributed by atoms with Crippen LogP contribution in [0.15, 0.2) is 11.7 Å². The predicted molar refractivity (Wildman–Crippen MR) is 52.2 cm³/mol. The molecule has 1 rings (SSSR count). The van der Waals surface area contributed by atoms with Crippen molar-refractivity contribution in [2.75, 3.05) is 0 Å². The van der Waals surface area contributed by atoms with Gasteiger partial charge in [0, 0.05) is 30.1 Å². The van der Waals surface area contributed by atoms with Gasteiger partial charge in [-0.15, -0.1) is 11.3 Å². The van der Waals surface area contributed by atoms with Crippen LogP contribution in [0.1, 0.15) is 18.2 Å². The van der Waals surface area contributed by atoms with E-state index in [1.54, 1.807) is 16.8 Å². The third kappa shape index (κ3) is 4.00. The summed E-state index contributed by atoms with van der Waals surface area (Å²) in [6.45, 7) is 2.69. The standard InChI is InChI=1S/C8H13N3OS/c1-6(2-8(9)12)11-4-7-3-10-5-13-7/h3,5-6,11H,2,4H2,1H3,(H2,9,12). The van der Waals surface area contributed by atoms with Crippen LogP contribution in [0, 0.1) is 0 Å². The van der Waals surface area contributed by atoms with E-state index in [9.17, 15) is 4.79 Å². The van der Waals surface area contributed by atoms with Gasteiger partial charge in [0.25, 0.3) is 0 Å². The van der Waals surface area contributed by atoms with Crippen LogP contribution in [-0.2, 0) is 11.3 Å². The smallest absolute Gasteiger partial charge is 0.218 e. The fourth-order valence-corrected chi connectivity index (χ4v) is 1.52. The van der Waals surface area contributed by atoms with E-state index in [0.717, 1.165) is 11.4 Å². The Morgan fingerprint density at radius 2 is 2.62 bits per heavy atom. The van der Waals surface area contributed by atoms with Crippen LogP contribution in [0.25, 0.3) is 0 Å². The molecule has 0 bridgehead atoms. The van der Waals surface area contributed by atoms with Crippen LogP contribution in [0.3, 0.4) is 0 Å². The number of aromatic nitrogens is 1. The van der Waals surface area contributed by atoms with Gasteiger partial charge in [0.1, 0.15) is 0 Å². The van der Waals surface area contributed by atoms with E-state index in [0.29, 0.717) is 6.42 Å². The summed E-state index contributed by atoms with van der Waals surface area (Å²) in [5.74, 6) is -0.274. The van der Waals surface area contributed by atoms with Crippen LogP contribution >= 0.6 is 11.3 Å². The summed E-state index contributed by atoms with van der Waals surface area (Å²) in [7, 11) is 0. The number of nitrogens with zero attached hydrogens (tertiary/aromatic N) is 1. The molecule has 1 unspecified atom stereocenters. The van der Waals surface area contributed by atoms with E-state index in [-0.39, 0.29) is 11.9 Å². The van der Waals surface area contributed by atoms with E-state index in [1.165, 1.54) is 0 Å². The lowest BCUT2D eigenvalue weighted by Gasteiger charge is -2.09. The van der Waals surface area contributed by atoms with Crippen LogP contribution < -0.4 is 11.1 Å². The van der Waals surface area contributed by atoms with Crippen LogP contribution in [0.4, 0.5) is 0 Å². The number of hydrogen-bond donors (Lipinski definition) is 2. The van der Waals surface area contributed by atoms with E-state index >= 15 is 0 Å². The third-order valence-electron chi connectivity index (χ3n) is 1.62. The minimum atomic E-state index is -0.274. The number of amides is 1. The number of nitrogens with two attached hydrogens (primary N) is 1. The topological polar surface area (TPSA) is 68.0 Å².